The predicted octanol–water partition coefficient (Wildman–Crippen LogP) is 2.12. The zero-order valence-corrected chi connectivity index (χ0v) is 13.2. The van der Waals surface area contributed by atoms with Crippen molar-refractivity contribution in [3.8, 4) is 0 Å². The SMILES string of the molecule is CCNC(=NCc1ccc(C)c(F)c1)NCc1ccnn1C. The minimum absolute atomic E-state index is 0.194. The van der Waals surface area contributed by atoms with Gasteiger partial charge in [0.25, 0.3) is 0 Å². The largest absolute Gasteiger partial charge is 0.357 e. The highest BCUT2D eigenvalue weighted by molar-refractivity contribution is 5.79. The lowest BCUT2D eigenvalue weighted by atomic mass is 10.1. The van der Waals surface area contributed by atoms with Crippen molar-refractivity contribution in [1.82, 2.24) is 20.4 Å². The molecule has 0 bridgehead atoms. The van der Waals surface area contributed by atoms with Gasteiger partial charge in [-0.05, 0) is 37.1 Å². The van der Waals surface area contributed by atoms with Crippen LogP contribution in [0.4, 0.5) is 4.39 Å². The molecule has 2 N–H and O–H groups in total. The summed E-state index contributed by atoms with van der Waals surface area (Å²) in [6.45, 7) is 5.58. The Labute approximate surface area is 130 Å². The van der Waals surface area contributed by atoms with Gasteiger partial charge in [0, 0.05) is 19.8 Å². The molecule has 0 radical (unpaired) electrons. The number of hydrogen-bond acceptors (Lipinski definition) is 2. The third kappa shape index (κ3) is 4.31. The molecule has 0 aliphatic rings. The van der Waals surface area contributed by atoms with Crippen LogP contribution in [0, 0.1) is 12.7 Å². The van der Waals surface area contributed by atoms with Gasteiger partial charge in [0.15, 0.2) is 5.96 Å². The Balaban J connectivity index is 2.00. The normalized spacial score (nSPS) is 11.5. The monoisotopic (exact) mass is 303 g/mol. The summed E-state index contributed by atoms with van der Waals surface area (Å²) in [6, 6.07) is 7.15. The van der Waals surface area contributed by atoms with Gasteiger partial charge in [-0.3, -0.25) is 4.68 Å². The van der Waals surface area contributed by atoms with Gasteiger partial charge >= 0.3 is 0 Å². The van der Waals surface area contributed by atoms with Crippen LogP contribution < -0.4 is 10.6 Å². The van der Waals surface area contributed by atoms with E-state index in [1.807, 2.05) is 30.8 Å². The van der Waals surface area contributed by atoms with Crippen molar-refractivity contribution < 1.29 is 4.39 Å². The summed E-state index contributed by atoms with van der Waals surface area (Å²) in [5.74, 6) is 0.505. The van der Waals surface area contributed by atoms with Gasteiger partial charge in [-0.15, -0.1) is 0 Å². The van der Waals surface area contributed by atoms with E-state index >= 15 is 0 Å². The number of hydrogen-bond donors (Lipinski definition) is 2. The number of halogens is 1. The molecule has 0 aliphatic carbocycles. The summed E-state index contributed by atoms with van der Waals surface area (Å²) >= 11 is 0. The average Bonchev–Trinajstić information content (AvgIpc) is 2.91. The van der Waals surface area contributed by atoms with E-state index in [-0.39, 0.29) is 5.82 Å². The molecule has 2 rings (SSSR count). The molecule has 0 spiro atoms. The van der Waals surface area contributed by atoms with Gasteiger partial charge in [-0.25, -0.2) is 9.38 Å². The number of guanidine groups is 1. The lowest BCUT2D eigenvalue weighted by Gasteiger charge is -2.11. The molecule has 1 heterocycles. The smallest absolute Gasteiger partial charge is 0.191 e. The van der Waals surface area contributed by atoms with Crippen molar-refractivity contribution in [2.45, 2.75) is 26.9 Å². The van der Waals surface area contributed by atoms with E-state index in [1.54, 1.807) is 19.2 Å². The molecule has 1 aromatic heterocycles. The second-order valence-electron chi connectivity index (χ2n) is 5.08. The maximum absolute atomic E-state index is 13.5. The molecule has 22 heavy (non-hydrogen) atoms. The summed E-state index contributed by atoms with van der Waals surface area (Å²) in [5.41, 5.74) is 2.56. The van der Waals surface area contributed by atoms with E-state index in [0.717, 1.165) is 17.8 Å². The standard InChI is InChI=1S/C16H22FN5/c1-4-18-16(20-11-14-7-8-21-22(14)3)19-10-13-6-5-12(2)15(17)9-13/h5-9H,4,10-11H2,1-3H3,(H2,18,19,20). The van der Waals surface area contributed by atoms with Crippen molar-refractivity contribution in [2.75, 3.05) is 6.54 Å². The molecule has 0 amide bonds. The molecule has 5 nitrogen and oxygen atoms in total. The molecule has 1 aromatic carbocycles. The third-order valence-electron chi connectivity index (χ3n) is 3.36. The summed E-state index contributed by atoms with van der Waals surface area (Å²) < 4.78 is 15.4. The second-order valence-corrected chi connectivity index (χ2v) is 5.08. The van der Waals surface area contributed by atoms with Crippen molar-refractivity contribution in [3.05, 3.63) is 53.1 Å². The first-order valence-electron chi connectivity index (χ1n) is 7.34. The highest BCUT2D eigenvalue weighted by atomic mass is 19.1. The molecule has 0 fully saturated rings. The quantitative estimate of drug-likeness (QED) is 0.657. The average molecular weight is 303 g/mol. The Morgan fingerprint density at radius 1 is 1.32 bits per heavy atom. The summed E-state index contributed by atoms with van der Waals surface area (Å²) in [6.07, 6.45) is 1.76. The fraction of sp³-hybridized carbons (Fsp3) is 0.375. The van der Waals surface area contributed by atoms with Crippen molar-refractivity contribution in [1.29, 1.82) is 0 Å². The third-order valence-corrected chi connectivity index (χ3v) is 3.36. The van der Waals surface area contributed by atoms with Gasteiger partial charge in [0.05, 0.1) is 18.8 Å². The van der Waals surface area contributed by atoms with Crippen LogP contribution in [-0.4, -0.2) is 22.3 Å². The summed E-state index contributed by atoms with van der Waals surface area (Å²) in [5, 5.41) is 10.5. The number of nitrogens with zero attached hydrogens (tertiary/aromatic N) is 3. The van der Waals surface area contributed by atoms with Gasteiger partial charge in [0.1, 0.15) is 5.82 Å². The van der Waals surface area contributed by atoms with E-state index in [9.17, 15) is 4.39 Å². The van der Waals surface area contributed by atoms with Crippen LogP contribution in [0.15, 0.2) is 35.5 Å². The number of aromatic nitrogens is 2. The molecular formula is C16H22FN5. The second kappa shape index (κ2) is 7.59. The zero-order chi connectivity index (χ0) is 15.9. The molecule has 0 saturated heterocycles. The van der Waals surface area contributed by atoms with Gasteiger partial charge < -0.3 is 10.6 Å². The zero-order valence-electron chi connectivity index (χ0n) is 13.2. The van der Waals surface area contributed by atoms with Gasteiger partial charge in [-0.2, -0.15) is 5.10 Å². The molecule has 0 saturated carbocycles. The maximum atomic E-state index is 13.5. The van der Waals surface area contributed by atoms with Crippen LogP contribution in [0.2, 0.25) is 0 Å². The lowest BCUT2D eigenvalue weighted by molar-refractivity contribution is 0.616. The molecule has 0 atom stereocenters. The van der Waals surface area contributed by atoms with E-state index in [4.69, 9.17) is 0 Å². The molecule has 6 heteroatoms. The fourth-order valence-corrected chi connectivity index (χ4v) is 2.00. The number of rotatable bonds is 5. The van der Waals surface area contributed by atoms with Crippen LogP contribution in [0.5, 0.6) is 0 Å². The highest BCUT2D eigenvalue weighted by Crippen LogP contribution is 2.10. The first-order chi connectivity index (χ1) is 10.6. The van der Waals surface area contributed by atoms with Crippen LogP contribution in [0.25, 0.3) is 0 Å². The first kappa shape index (κ1) is 16.0. The number of nitrogens with one attached hydrogen (secondary N) is 2. The highest BCUT2D eigenvalue weighted by Gasteiger charge is 2.02. The lowest BCUT2D eigenvalue weighted by Crippen LogP contribution is -2.37. The van der Waals surface area contributed by atoms with Crippen LogP contribution in [0.3, 0.4) is 0 Å². The number of aliphatic imine (C=N–C) groups is 1. The van der Waals surface area contributed by atoms with E-state index in [0.29, 0.717) is 24.6 Å². The summed E-state index contributed by atoms with van der Waals surface area (Å²) in [7, 11) is 1.90. The fourth-order valence-electron chi connectivity index (χ4n) is 2.00. The summed E-state index contributed by atoms with van der Waals surface area (Å²) in [4.78, 5) is 4.48. The van der Waals surface area contributed by atoms with E-state index in [1.165, 1.54) is 6.07 Å². The minimum atomic E-state index is -0.194. The number of benzene rings is 1. The molecule has 118 valence electrons. The van der Waals surface area contributed by atoms with Crippen molar-refractivity contribution >= 4 is 5.96 Å². The Bertz CT molecular complexity index is 648. The Hall–Kier alpha value is -2.37. The van der Waals surface area contributed by atoms with Crippen molar-refractivity contribution in [2.24, 2.45) is 12.0 Å². The van der Waals surface area contributed by atoms with Gasteiger partial charge in [-0.1, -0.05) is 12.1 Å². The Morgan fingerprint density at radius 3 is 2.77 bits per heavy atom. The molecule has 0 unspecified atom stereocenters. The van der Waals surface area contributed by atoms with Crippen molar-refractivity contribution in [3.63, 3.8) is 0 Å². The topological polar surface area (TPSA) is 54.2 Å². The predicted molar refractivity (Wildman–Crippen MR) is 86.0 cm³/mol. The minimum Gasteiger partial charge on any atom is -0.357 e. The molecular weight excluding hydrogens is 281 g/mol. The van der Waals surface area contributed by atoms with E-state index in [2.05, 4.69) is 20.7 Å². The molecule has 2 aromatic rings. The van der Waals surface area contributed by atoms with E-state index < -0.39 is 0 Å². The van der Waals surface area contributed by atoms with Crippen LogP contribution >= 0.6 is 0 Å². The van der Waals surface area contributed by atoms with Crippen LogP contribution in [0.1, 0.15) is 23.7 Å². The van der Waals surface area contributed by atoms with Gasteiger partial charge in [0.2, 0.25) is 0 Å². The number of aryl methyl sites for hydroxylation is 2. The molecule has 0 aliphatic heterocycles. The Kier molecular flexibility index (Phi) is 5.52. The van der Waals surface area contributed by atoms with Crippen LogP contribution in [-0.2, 0) is 20.1 Å². The Morgan fingerprint density at radius 2 is 2.14 bits per heavy atom. The first-order valence-corrected chi connectivity index (χ1v) is 7.34. The maximum Gasteiger partial charge on any atom is 0.191 e.